The number of rotatable bonds is 3. The van der Waals surface area contributed by atoms with E-state index in [4.69, 9.17) is 10.1 Å². The second-order valence-corrected chi connectivity index (χ2v) is 7.57. The van der Waals surface area contributed by atoms with Gasteiger partial charge in [0.1, 0.15) is 5.82 Å². The maximum atomic E-state index is 4.81. The van der Waals surface area contributed by atoms with Gasteiger partial charge >= 0.3 is 0 Å². The van der Waals surface area contributed by atoms with Crippen molar-refractivity contribution in [2.24, 2.45) is 0 Å². The minimum absolute atomic E-state index is 0.489. The number of aryl methyl sites for hydroxylation is 3. The van der Waals surface area contributed by atoms with E-state index in [0.717, 1.165) is 54.3 Å². The lowest BCUT2D eigenvalue weighted by atomic mass is 10.0. The molecule has 4 rings (SSSR count). The normalized spacial score (nSPS) is 16.3. The molecule has 1 fully saturated rings. The van der Waals surface area contributed by atoms with Crippen LogP contribution in [0.2, 0.25) is 0 Å². The van der Waals surface area contributed by atoms with Gasteiger partial charge < -0.3 is 10.2 Å². The molecule has 3 heterocycles. The highest BCUT2D eigenvalue weighted by Crippen LogP contribution is 2.30. The molecule has 0 bridgehead atoms. The first-order valence-corrected chi connectivity index (χ1v) is 9.40. The van der Waals surface area contributed by atoms with Crippen molar-refractivity contribution in [1.29, 1.82) is 0 Å². The van der Waals surface area contributed by atoms with Crippen LogP contribution < -0.4 is 5.32 Å². The predicted octanol–water partition coefficient (Wildman–Crippen LogP) is 3.83. The smallest absolute Gasteiger partial charge is 0.165 e. The molecule has 0 atom stereocenters. The maximum absolute atomic E-state index is 4.81. The highest BCUT2D eigenvalue weighted by atomic mass is 15.3. The van der Waals surface area contributed by atoms with Crippen LogP contribution in [0.4, 0.5) is 5.82 Å². The highest BCUT2D eigenvalue weighted by Gasteiger charge is 2.20. The number of fused-ring (bicyclic) bond motifs is 1. The summed E-state index contributed by atoms with van der Waals surface area (Å²) < 4.78 is 1.98. The molecule has 0 amide bonds. The number of hydrogen-bond donors (Lipinski definition) is 1. The summed E-state index contributed by atoms with van der Waals surface area (Å²) >= 11 is 0. The van der Waals surface area contributed by atoms with E-state index >= 15 is 0 Å². The summed E-state index contributed by atoms with van der Waals surface area (Å²) in [6.07, 6.45) is 2.31. The van der Waals surface area contributed by atoms with Crippen molar-refractivity contribution in [3.8, 4) is 11.1 Å². The van der Waals surface area contributed by atoms with Gasteiger partial charge in [-0.2, -0.15) is 9.61 Å². The molecular weight excluding hydrogens is 322 g/mol. The Morgan fingerprint density at radius 3 is 2.42 bits per heavy atom. The fraction of sp³-hybridized carbons (Fsp3) is 0.429. The van der Waals surface area contributed by atoms with E-state index in [1.165, 1.54) is 11.1 Å². The molecule has 3 aromatic rings. The van der Waals surface area contributed by atoms with E-state index in [1.54, 1.807) is 0 Å². The zero-order valence-electron chi connectivity index (χ0n) is 16.1. The minimum Gasteiger partial charge on any atom is -0.367 e. The van der Waals surface area contributed by atoms with Crippen LogP contribution in [0, 0.1) is 20.8 Å². The molecule has 1 aliphatic rings. The topological polar surface area (TPSA) is 45.5 Å². The summed E-state index contributed by atoms with van der Waals surface area (Å²) in [5.74, 6) is 1.04. The Morgan fingerprint density at radius 2 is 1.73 bits per heavy atom. The monoisotopic (exact) mass is 349 g/mol. The third-order valence-electron chi connectivity index (χ3n) is 5.30. The summed E-state index contributed by atoms with van der Waals surface area (Å²) in [4.78, 5) is 7.20. The van der Waals surface area contributed by atoms with Gasteiger partial charge in [0.15, 0.2) is 5.65 Å². The van der Waals surface area contributed by atoms with Crippen LogP contribution in [0.25, 0.3) is 16.8 Å². The number of aromatic nitrogens is 3. The van der Waals surface area contributed by atoms with Gasteiger partial charge in [-0.05, 0) is 59.3 Å². The first kappa shape index (κ1) is 17.0. The van der Waals surface area contributed by atoms with E-state index in [9.17, 15) is 0 Å². The Balaban J connectivity index is 1.76. The van der Waals surface area contributed by atoms with Gasteiger partial charge in [-0.3, -0.25) is 0 Å². The van der Waals surface area contributed by atoms with Crippen molar-refractivity contribution in [2.75, 3.05) is 25.5 Å². The van der Waals surface area contributed by atoms with Crippen molar-refractivity contribution >= 4 is 11.5 Å². The average molecular weight is 349 g/mol. The number of likely N-dealkylation sites (tertiary alicyclic amines) is 1. The van der Waals surface area contributed by atoms with Crippen LogP contribution in [0.15, 0.2) is 30.3 Å². The summed E-state index contributed by atoms with van der Waals surface area (Å²) in [6, 6.07) is 11.2. The number of hydrogen-bond acceptors (Lipinski definition) is 4. The van der Waals surface area contributed by atoms with Crippen molar-refractivity contribution in [1.82, 2.24) is 19.5 Å². The van der Waals surface area contributed by atoms with Crippen molar-refractivity contribution in [3.05, 3.63) is 47.3 Å². The van der Waals surface area contributed by atoms with Gasteiger partial charge in [0.05, 0.1) is 5.69 Å². The van der Waals surface area contributed by atoms with Crippen molar-refractivity contribution in [3.63, 3.8) is 0 Å². The van der Waals surface area contributed by atoms with Crippen molar-refractivity contribution < 1.29 is 0 Å². The third-order valence-corrected chi connectivity index (χ3v) is 5.30. The molecule has 0 spiro atoms. The Hall–Kier alpha value is -2.40. The molecule has 26 heavy (non-hydrogen) atoms. The Kier molecular flexibility index (Phi) is 4.41. The molecular formula is C21H27N5. The Morgan fingerprint density at radius 1 is 1.04 bits per heavy atom. The second kappa shape index (κ2) is 6.72. The van der Waals surface area contributed by atoms with Gasteiger partial charge in [-0.25, -0.2) is 4.98 Å². The lowest BCUT2D eigenvalue weighted by Crippen LogP contribution is -2.37. The molecule has 0 saturated carbocycles. The van der Waals surface area contributed by atoms with E-state index < -0.39 is 0 Å². The predicted molar refractivity (Wildman–Crippen MR) is 107 cm³/mol. The van der Waals surface area contributed by atoms with E-state index in [-0.39, 0.29) is 0 Å². The number of anilines is 1. The molecule has 1 aromatic carbocycles. The van der Waals surface area contributed by atoms with Crippen LogP contribution in [-0.4, -0.2) is 45.7 Å². The first-order chi connectivity index (χ1) is 12.5. The molecule has 5 nitrogen and oxygen atoms in total. The Bertz CT molecular complexity index is 918. The summed E-state index contributed by atoms with van der Waals surface area (Å²) in [6.45, 7) is 8.51. The Labute approximate surface area is 155 Å². The molecule has 5 heteroatoms. The lowest BCUT2D eigenvalue weighted by Gasteiger charge is -2.30. The average Bonchev–Trinajstić information content (AvgIpc) is 2.94. The molecule has 2 aromatic heterocycles. The standard InChI is InChI=1S/C21H27N5/c1-14-5-7-17(8-6-14)20-16(3)24-26-19(13-15(2)22-21(20)26)23-18-9-11-25(4)12-10-18/h5-8,13,18,23H,9-12H2,1-4H3. The fourth-order valence-electron chi connectivity index (χ4n) is 3.77. The van der Waals surface area contributed by atoms with Crippen LogP contribution in [-0.2, 0) is 0 Å². The summed E-state index contributed by atoms with van der Waals surface area (Å²) in [5, 5.41) is 8.53. The molecule has 136 valence electrons. The lowest BCUT2D eigenvalue weighted by molar-refractivity contribution is 0.263. The largest absolute Gasteiger partial charge is 0.367 e. The first-order valence-electron chi connectivity index (χ1n) is 9.40. The van der Waals surface area contributed by atoms with E-state index in [0.29, 0.717) is 6.04 Å². The number of piperidine rings is 1. The van der Waals surface area contributed by atoms with Gasteiger partial charge in [0.2, 0.25) is 0 Å². The molecule has 0 aliphatic carbocycles. The quantitative estimate of drug-likeness (QED) is 0.781. The third kappa shape index (κ3) is 3.19. The number of nitrogens with zero attached hydrogens (tertiary/aromatic N) is 4. The number of nitrogens with one attached hydrogen (secondary N) is 1. The van der Waals surface area contributed by atoms with Crippen LogP contribution in [0.1, 0.15) is 29.8 Å². The maximum Gasteiger partial charge on any atom is 0.165 e. The summed E-state index contributed by atoms with van der Waals surface area (Å²) in [7, 11) is 2.19. The summed E-state index contributed by atoms with van der Waals surface area (Å²) in [5.41, 5.74) is 6.52. The number of benzene rings is 1. The molecule has 0 radical (unpaired) electrons. The molecule has 1 saturated heterocycles. The highest BCUT2D eigenvalue weighted by molar-refractivity contribution is 5.81. The zero-order valence-corrected chi connectivity index (χ0v) is 16.1. The van der Waals surface area contributed by atoms with E-state index in [1.807, 2.05) is 4.52 Å². The second-order valence-electron chi connectivity index (χ2n) is 7.57. The van der Waals surface area contributed by atoms with E-state index in [2.05, 4.69) is 68.4 Å². The fourth-order valence-corrected chi connectivity index (χ4v) is 3.77. The molecule has 1 N–H and O–H groups in total. The van der Waals surface area contributed by atoms with Crippen LogP contribution in [0.5, 0.6) is 0 Å². The minimum atomic E-state index is 0.489. The van der Waals surface area contributed by atoms with Gasteiger partial charge in [-0.1, -0.05) is 29.8 Å². The van der Waals surface area contributed by atoms with Crippen LogP contribution >= 0.6 is 0 Å². The molecule has 1 aliphatic heterocycles. The zero-order chi connectivity index (χ0) is 18.3. The van der Waals surface area contributed by atoms with Crippen molar-refractivity contribution in [2.45, 2.75) is 39.7 Å². The van der Waals surface area contributed by atoms with Gasteiger partial charge in [0, 0.05) is 23.4 Å². The SMILES string of the molecule is Cc1ccc(-c2c(C)nn3c(NC4CCN(C)CC4)cc(C)nc23)cc1. The van der Waals surface area contributed by atoms with Gasteiger partial charge in [-0.15, -0.1) is 0 Å². The van der Waals surface area contributed by atoms with Gasteiger partial charge in [0.25, 0.3) is 0 Å². The van der Waals surface area contributed by atoms with Crippen LogP contribution in [0.3, 0.4) is 0 Å². The molecule has 0 unspecified atom stereocenters.